The number of aryl methyl sites for hydroxylation is 1. The fourth-order valence-corrected chi connectivity index (χ4v) is 2.91. The summed E-state index contributed by atoms with van der Waals surface area (Å²) >= 11 is 4.88. The maximum absolute atomic E-state index is 11.8. The summed E-state index contributed by atoms with van der Waals surface area (Å²) in [6, 6.07) is 5.93. The standard InChI is InChI=1S/C15H20BrNO3S/c1-10-8-11(16)4-5-12(10)21-9-13(18)17-7-6-15(2,3)14(19)20/h4-5,8H,6-7,9H2,1-3H3,(H,17,18)(H,19,20). The number of hydrogen-bond acceptors (Lipinski definition) is 3. The highest BCUT2D eigenvalue weighted by Crippen LogP contribution is 2.25. The van der Waals surface area contributed by atoms with Crippen LogP contribution in [0.5, 0.6) is 0 Å². The van der Waals surface area contributed by atoms with E-state index >= 15 is 0 Å². The van der Waals surface area contributed by atoms with Crippen molar-refractivity contribution in [1.82, 2.24) is 5.32 Å². The summed E-state index contributed by atoms with van der Waals surface area (Å²) in [4.78, 5) is 23.8. The van der Waals surface area contributed by atoms with Crippen LogP contribution < -0.4 is 5.32 Å². The number of benzene rings is 1. The highest BCUT2D eigenvalue weighted by atomic mass is 79.9. The van der Waals surface area contributed by atoms with Crippen molar-refractivity contribution in [1.29, 1.82) is 0 Å². The molecule has 4 nitrogen and oxygen atoms in total. The van der Waals surface area contributed by atoms with E-state index < -0.39 is 11.4 Å². The van der Waals surface area contributed by atoms with E-state index in [0.29, 0.717) is 18.7 Å². The van der Waals surface area contributed by atoms with E-state index in [2.05, 4.69) is 21.2 Å². The number of hydrogen-bond donors (Lipinski definition) is 2. The number of amides is 1. The molecule has 0 aliphatic heterocycles. The Morgan fingerprint density at radius 1 is 1.38 bits per heavy atom. The lowest BCUT2D eigenvalue weighted by Gasteiger charge is -2.18. The Balaban J connectivity index is 2.36. The van der Waals surface area contributed by atoms with Crippen LogP contribution in [0.4, 0.5) is 0 Å². The average Bonchev–Trinajstić information content (AvgIpc) is 2.37. The van der Waals surface area contributed by atoms with Crippen molar-refractivity contribution in [3.63, 3.8) is 0 Å². The summed E-state index contributed by atoms with van der Waals surface area (Å²) < 4.78 is 1.02. The first kappa shape index (κ1) is 18.0. The molecule has 0 fully saturated rings. The van der Waals surface area contributed by atoms with E-state index in [9.17, 15) is 9.59 Å². The van der Waals surface area contributed by atoms with Crippen LogP contribution >= 0.6 is 27.7 Å². The third-order valence-corrected chi connectivity index (χ3v) is 4.82. The van der Waals surface area contributed by atoms with Crippen molar-refractivity contribution in [3.8, 4) is 0 Å². The van der Waals surface area contributed by atoms with Crippen LogP contribution in [0.3, 0.4) is 0 Å². The van der Waals surface area contributed by atoms with Gasteiger partial charge in [-0.25, -0.2) is 0 Å². The largest absolute Gasteiger partial charge is 0.481 e. The zero-order valence-corrected chi connectivity index (χ0v) is 14.8. The van der Waals surface area contributed by atoms with Gasteiger partial charge in [0.2, 0.25) is 5.91 Å². The molecule has 0 saturated heterocycles. The Morgan fingerprint density at radius 2 is 2.05 bits per heavy atom. The summed E-state index contributed by atoms with van der Waals surface area (Å²) in [5.41, 5.74) is 0.303. The van der Waals surface area contributed by atoms with E-state index in [1.54, 1.807) is 13.8 Å². The predicted molar refractivity (Wildman–Crippen MR) is 88.6 cm³/mol. The second kappa shape index (κ2) is 7.84. The van der Waals surface area contributed by atoms with Gasteiger partial charge in [-0.3, -0.25) is 9.59 Å². The zero-order chi connectivity index (χ0) is 16.0. The van der Waals surface area contributed by atoms with Crippen molar-refractivity contribution in [2.45, 2.75) is 32.1 Å². The Labute approximate surface area is 137 Å². The molecule has 1 rings (SSSR count). The number of rotatable bonds is 7. The molecular formula is C15H20BrNO3S. The third kappa shape index (κ3) is 6.09. The van der Waals surface area contributed by atoms with Crippen LogP contribution in [0, 0.1) is 12.3 Å². The Kier molecular flexibility index (Phi) is 6.74. The van der Waals surface area contributed by atoms with E-state index in [1.165, 1.54) is 11.8 Å². The monoisotopic (exact) mass is 373 g/mol. The molecule has 0 atom stereocenters. The van der Waals surface area contributed by atoms with E-state index in [0.717, 1.165) is 14.9 Å². The molecule has 2 N–H and O–H groups in total. The number of carboxylic acids is 1. The lowest BCUT2D eigenvalue weighted by Crippen LogP contribution is -2.32. The third-order valence-electron chi connectivity index (χ3n) is 3.15. The van der Waals surface area contributed by atoms with E-state index in [1.807, 2.05) is 25.1 Å². The van der Waals surface area contributed by atoms with Crippen LogP contribution in [0.25, 0.3) is 0 Å². The SMILES string of the molecule is Cc1cc(Br)ccc1SCC(=O)NCCC(C)(C)C(=O)O. The highest BCUT2D eigenvalue weighted by molar-refractivity contribution is 9.10. The van der Waals surface area contributed by atoms with Gasteiger partial charge >= 0.3 is 5.97 Å². The van der Waals surface area contributed by atoms with Crippen molar-refractivity contribution < 1.29 is 14.7 Å². The van der Waals surface area contributed by atoms with Crippen LogP contribution in [0.1, 0.15) is 25.8 Å². The van der Waals surface area contributed by atoms with Crippen LogP contribution in [0.2, 0.25) is 0 Å². The van der Waals surface area contributed by atoms with Crippen molar-refractivity contribution >= 4 is 39.6 Å². The fourth-order valence-electron chi connectivity index (χ4n) is 1.59. The Bertz CT molecular complexity index is 532. The first-order valence-electron chi connectivity index (χ1n) is 6.61. The zero-order valence-electron chi connectivity index (χ0n) is 12.4. The molecule has 0 aliphatic carbocycles. The summed E-state index contributed by atoms with van der Waals surface area (Å²) in [6.07, 6.45) is 0.413. The number of thioether (sulfide) groups is 1. The van der Waals surface area contributed by atoms with Gasteiger partial charge in [0.15, 0.2) is 0 Å². The minimum Gasteiger partial charge on any atom is -0.481 e. The molecule has 0 radical (unpaired) electrons. The van der Waals surface area contributed by atoms with Gasteiger partial charge < -0.3 is 10.4 Å². The van der Waals surface area contributed by atoms with Crippen molar-refractivity contribution in [2.75, 3.05) is 12.3 Å². The number of halogens is 1. The molecule has 6 heteroatoms. The summed E-state index contributed by atoms with van der Waals surface area (Å²) in [7, 11) is 0. The summed E-state index contributed by atoms with van der Waals surface area (Å²) in [5, 5.41) is 11.8. The van der Waals surface area contributed by atoms with Gasteiger partial charge in [-0.1, -0.05) is 15.9 Å². The molecule has 116 valence electrons. The number of nitrogens with one attached hydrogen (secondary N) is 1. The van der Waals surface area contributed by atoms with Gasteiger partial charge in [-0.15, -0.1) is 11.8 Å². The van der Waals surface area contributed by atoms with Crippen LogP contribution in [-0.2, 0) is 9.59 Å². The summed E-state index contributed by atoms with van der Waals surface area (Å²) in [6.45, 7) is 5.68. The van der Waals surface area contributed by atoms with Crippen LogP contribution in [0.15, 0.2) is 27.6 Å². The second-order valence-electron chi connectivity index (χ2n) is 5.49. The lowest BCUT2D eigenvalue weighted by molar-refractivity contribution is -0.147. The maximum atomic E-state index is 11.8. The number of aliphatic carboxylic acids is 1. The molecule has 0 aromatic heterocycles. The van der Waals surface area contributed by atoms with Gasteiger partial charge in [0.05, 0.1) is 11.2 Å². The number of carboxylic acid groups (broad SMARTS) is 1. The van der Waals surface area contributed by atoms with Gasteiger partial charge in [0.25, 0.3) is 0 Å². The number of carbonyl (C=O) groups excluding carboxylic acids is 1. The second-order valence-corrected chi connectivity index (χ2v) is 7.42. The molecule has 0 bridgehead atoms. The Morgan fingerprint density at radius 3 is 2.62 bits per heavy atom. The first-order chi connectivity index (χ1) is 9.72. The molecular weight excluding hydrogens is 354 g/mol. The molecule has 0 heterocycles. The van der Waals surface area contributed by atoms with Crippen molar-refractivity contribution in [2.24, 2.45) is 5.41 Å². The van der Waals surface area contributed by atoms with Gasteiger partial charge in [0.1, 0.15) is 0 Å². The van der Waals surface area contributed by atoms with Gasteiger partial charge in [0, 0.05) is 15.9 Å². The molecule has 0 spiro atoms. The molecule has 1 amide bonds. The normalized spacial score (nSPS) is 11.2. The lowest BCUT2D eigenvalue weighted by atomic mass is 9.90. The van der Waals surface area contributed by atoms with E-state index in [4.69, 9.17) is 5.11 Å². The first-order valence-corrected chi connectivity index (χ1v) is 8.39. The quantitative estimate of drug-likeness (QED) is 0.718. The van der Waals surface area contributed by atoms with Crippen molar-refractivity contribution in [3.05, 3.63) is 28.2 Å². The molecule has 0 saturated carbocycles. The van der Waals surface area contributed by atoms with Crippen LogP contribution in [-0.4, -0.2) is 29.3 Å². The van der Waals surface area contributed by atoms with Gasteiger partial charge in [-0.2, -0.15) is 0 Å². The minimum absolute atomic E-state index is 0.0801. The highest BCUT2D eigenvalue weighted by Gasteiger charge is 2.26. The minimum atomic E-state index is -0.850. The molecule has 0 unspecified atom stereocenters. The average molecular weight is 374 g/mol. The summed E-state index contributed by atoms with van der Waals surface area (Å²) in [5.74, 6) is -0.601. The predicted octanol–water partition coefficient (Wildman–Crippen LogP) is 3.47. The molecule has 1 aromatic rings. The smallest absolute Gasteiger partial charge is 0.309 e. The molecule has 1 aromatic carbocycles. The topological polar surface area (TPSA) is 66.4 Å². The Hall–Kier alpha value is -1.01. The molecule has 21 heavy (non-hydrogen) atoms. The van der Waals surface area contributed by atoms with Gasteiger partial charge in [-0.05, 0) is 51.0 Å². The molecule has 0 aliphatic rings. The fraction of sp³-hybridized carbons (Fsp3) is 0.467. The van der Waals surface area contributed by atoms with E-state index in [-0.39, 0.29) is 5.91 Å². The maximum Gasteiger partial charge on any atom is 0.309 e. The number of carbonyl (C=O) groups is 2.